The molecule has 3 aromatic rings. The van der Waals surface area contributed by atoms with E-state index in [1.165, 1.54) is 0 Å². The highest BCUT2D eigenvalue weighted by Gasteiger charge is 2.33. The van der Waals surface area contributed by atoms with E-state index in [2.05, 4.69) is 29.0 Å². The molecule has 1 amide bonds. The van der Waals surface area contributed by atoms with E-state index in [9.17, 15) is 4.79 Å². The van der Waals surface area contributed by atoms with Crippen LogP contribution in [0.5, 0.6) is 0 Å². The van der Waals surface area contributed by atoms with Gasteiger partial charge in [-0.05, 0) is 30.3 Å². The van der Waals surface area contributed by atoms with Crippen LogP contribution < -0.4 is 0 Å². The van der Waals surface area contributed by atoms with Gasteiger partial charge in [-0.25, -0.2) is 0 Å². The standard InChI is InChI=1S/C18H16N2O2S/c21-17-13-23-18(20(17)12-16-7-4-10-22-16)14-8-9-19(11-14)15-5-2-1-3-6-15/h1-11,18H,12-13H2. The van der Waals surface area contributed by atoms with Crippen LogP contribution in [0.1, 0.15) is 16.7 Å². The molecule has 1 aliphatic rings. The zero-order valence-electron chi connectivity index (χ0n) is 12.5. The van der Waals surface area contributed by atoms with Crippen LogP contribution in [0.2, 0.25) is 0 Å². The van der Waals surface area contributed by atoms with Crippen LogP contribution in [0, 0.1) is 0 Å². The van der Waals surface area contributed by atoms with Crippen LogP contribution in [0.4, 0.5) is 0 Å². The Hall–Kier alpha value is -2.40. The van der Waals surface area contributed by atoms with E-state index in [0.717, 1.165) is 17.0 Å². The molecule has 0 aliphatic carbocycles. The Labute approximate surface area is 138 Å². The van der Waals surface area contributed by atoms with Crippen molar-refractivity contribution >= 4 is 17.7 Å². The molecule has 1 fully saturated rings. The summed E-state index contributed by atoms with van der Waals surface area (Å²) in [6, 6.07) is 16.0. The molecular weight excluding hydrogens is 308 g/mol. The molecule has 1 aromatic carbocycles. The first-order chi connectivity index (χ1) is 11.3. The molecule has 2 aromatic heterocycles. The first kappa shape index (κ1) is 14.2. The zero-order valence-corrected chi connectivity index (χ0v) is 13.3. The van der Waals surface area contributed by atoms with E-state index in [0.29, 0.717) is 12.3 Å². The number of rotatable bonds is 4. The normalized spacial score (nSPS) is 17.8. The molecular formula is C18H16N2O2S. The van der Waals surface area contributed by atoms with Gasteiger partial charge in [0.15, 0.2) is 0 Å². The molecule has 4 nitrogen and oxygen atoms in total. The molecule has 1 unspecified atom stereocenters. The third-order valence-corrected chi connectivity index (χ3v) is 5.19. The molecule has 23 heavy (non-hydrogen) atoms. The Morgan fingerprint density at radius 2 is 2.00 bits per heavy atom. The molecule has 1 aliphatic heterocycles. The summed E-state index contributed by atoms with van der Waals surface area (Å²) in [7, 11) is 0. The van der Waals surface area contributed by atoms with Crippen molar-refractivity contribution in [3.63, 3.8) is 0 Å². The topological polar surface area (TPSA) is 38.4 Å². The molecule has 0 spiro atoms. The van der Waals surface area contributed by atoms with Gasteiger partial charge in [-0.1, -0.05) is 18.2 Å². The van der Waals surface area contributed by atoms with Crippen LogP contribution in [0.15, 0.2) is 71.6 Å². The van der Waals surface area contributed by atoms with Crippen LogP contribution in [0.25, 0.3) is 5.69 Å². The largest absolute Gasteiger partial charge is 0.467 e. The van der Waals surface area contributed by atoms with Gasteiger partial charge in [0.2, 0.25) is 5.91 Å². The summed E-state index contributed by atoms with van der Waals surface area (Å²) in [5.41, 5.74) is 2.25. The van der Waals surface area contributed by atoms with Gasteiger partial charge in [0, 0.05) is 23.6 Å². The van der Waals surface area contributed by atoms with Gasteiger partial charge in [0.25, 0.3) is 0 Å². The number of thioether (sulfide) groups is 1. The summed E-state index contributed by atoms with van der Waals surface area (Å²) in [5, 5.41) is 0.0394. The van der Waals surface area contributed by atoms with Crippen molar-refractivity contribution in [3.8, 4) is 5.69 Å². The van der Waals surface area contributed by atoms with E-state index < -0.39 is 0 Å². The number of furan rings is 1. The Morgan fingerprint density at radius 1 is 1.13 bits per heavy atom. The number of amides is 1. The van der Waals surface area contributed by atoms with Gasteiger partial charge in [-0.15, -0.1) is 11.8 Å². The smallest absolute Gasteiger partial charge is 0.234 e. The average Bonchev–Trinajstić information content (AvgIpc) is 3.31. The maximum absolute atomic E-state index is 12.2. The maximum Gasteiger partial charge on any atom is 0.234 e. The Kier molecular flexibility index (Phi) is 3.71. The van der Waals surface area contributed by atoms with Crippen molar-refractivity contribution in [2.45, 2.75) is 11.9 Å². The second-order valence-electron chi connectivity index (χ2n) is 5.45. The highest BCUT2D eigenvalue weighted by molar-refractivity contribution is 8.00. The number of nitrogens with zero attached hydrogens (tertiary/aromatic N) is 2. The lowest BCUT2D eigenvalue weighted by Gasteiger charge is -2.22. The van der Waals surface area contributed by atoms with Gasteiger partial charge in [0.1, 0.15) is 11.1 Å². The third-order valence-electron chi connectivity index (χ3n) is 3.93. The predicted molar refractivity (Wildman–Crippen MR) is 90.2 cm³/mol. The fourth-order valence-corrected chi connectivity index (χ4v) is 3.96. The lowest BCUT2D eigenvalue weighted by Crippen LogP contribution is -2.27. The van der Waals surface area contributed by atoms with Crippen LogP contribution >= 0.6 is 11.8 Å². The van der Waals surface area contributed by atoms with Crippen molar-refractivity contribution in [1.29, 1.82) is 0 Å². The fourth-order valence-electron chi connectivity index (χ4n) is 2.79. The first-order valence-electron chi connectivity index (χ1n) is 7.48. The third kappa shape index (κ3) is 2.80. The van der Waals surface area contributed by atoms with Crippen molar-refractivity contribution in [1.82, 2.24) is 9.47 Å². The van der Waals surface area contributed by atoms with Crippen LogP contribution in [0.3, 0.4) is 0 Å². The summed E-state index contributed by atoms with van der Waals surface area (Å²) in [6.45, 7) is 0.514. The summed E-state index contributed by atoms with van der Waals surface area (Å²) in [5.74, 6) is 1.49. The number of hydrogen-bond donors (Lipinski definition) is 0. The molecule has 1 saturated heterocycles. The van der Waals surface area contributed by atoms with Crippen molar-refractivity contribution < 1.29 is 9.21 Å². The maximum atomic E-state index is 12.2. The molecule has 116 valence electrons. The number of para-hydroxylation sites is 1. The van der Waals surface area contributed by atoms with Gasteiger partial charge < -0.3 is 13.9 Å². The molecule has 1 atom stereocenters. The Bertz CT molecular complexity index is 796. The van der Waals surface area contributed by atoms with Crippen LogP contribution in [-0.2, 0) is 11.3 Å². The molecule has 0 N–H and O–H groups in total. The van der Waals surface area contributed by atoms with Gasteiger partial charge in [0.05, 0.1) is 18.6 Å². The summed E-state index contributed by atoms with van der Waals surface area (Å²) in [4.78, 5) is 14.1. The van der Waals surface area contributed by atoms with Gasteiger partial charge >= 0.3 is 0 Å². The molecule has 0 radical (unpaired) electrons. The van der Waals surface area contributed by atoms with Crippen LogP contribution in [-0.4, -0.2) is 21.1 Å². The van der Waals surface area contributed by atoms with E-state index in [1.807, 2.05) is 41.4 Å². The minimum absolute atomic E-state index is 0.0394. The van der Waals surface area contributed by atoms with E-state index in [4.69, 9.17) is 4.42 Å². The molecule has 0 bridgehead atoms. The molecule has 0 saturated carbocycles. The predicted octanol–water partition coefficient (Wildman–Crippen LogP) is 3.84. The average molecular weight is 324 g/mol. The quantitative estimate of drug-likeness (QED) is 0.732. The number of carbonyl (C=O) groups is 1. The Morgan fingerprint density at radius 3 is 2.78 bits per heavy atom. The lowest BCUT2D eigenvalue weighted by atomic mass is 10.3. The molecule has 4 rings (SSSR count). The summed E-state index contributed by atoms with van der Waals surface area (Å²) >= 11 is 1.66. The fraction of sp³-hybridized carbons (Fsp3) is 0.167. The second kappa shape index (κ2) is 6.01. The van der Waals surface area contributed by atoms with Crippen molar-refractivity contribution in [3.05, 3.63) is 78.5 Å². The monoisotopic (exact) mass is 324 g/mol. The number of benzene rings is 1. The van der Waals surface area contributed by atoms with Crippen molar-refractivity contribution in [2.75, 3.05) is 5.75 Å². The van der Waals surface area contributed by atoms with E-state index >= 15 is 0 Å². The number of hydrogen-bond acceptors (Lipinski definition) is 3. The zero-order chi connectivity index (χ0) is 15.6. The van der Waals surface area contributed by atoms with E-state index in [-0.39, 0.29) is 11.3 Å². The molecule has 3 heterocycles. The lowest BCUT2D eigenvalue weighted by molar-refractivity contribution is -0.128. The van der Waals surface area contributed by atoms with Gasteiger partial charge in [-0.2, -0.15) is 0 Å². The Balaban J connectivity index is 1.59. The minimum Gasteiger partial charge on any atom is -0.467 e. The number of aromatic nitrogens is 1. The minimum atomic E-state index is 0.0394. The summed E-state index contributed by atoms with van der Waals surface area (Å²) < 4.78 is 7.48. The summed E-state index contributed by atoms with van der Waals surface area (Å²) in [6.07, 6.45) is 5.78. The molecule has 5 heteroatoms. The number of carbonyl (C=O) groups excluding carboxylic acids is 1. The SMILES string of the molecule is O=C1CSC(c2ccn(-c3ccccc3)c2)N1Cc1ccco1. The van der Waals surface area contributed by atoms with Gasteiger partial charge in [-0.3, -0.25) is 4.79 Å². The second-order valence-corrected chi connectivity index (χ2v) is 6.52. The highest BCUT2D eigenvalue weighted by atomic mass is 32.2. The van der Waals surface area contributed by atoms with E-state index in [1.54, 1.807) is 18.0 Å². The first-order valence-corrected chi connectivity index (χ1v) is 8.53. The highest BCUT2D eigenvalue weighted by Crippen LogP contribution is 2.39. The van der Waals surface area contributed by atoms with Crippen molar-refractivity contribution in [2.24, 2.45) is 0 Å².